The second kappa shape index (κ2) is 11.6. The van der Waals surface area contributed by atoms with Crippen LogP contribution in [0.15, 0.2) is 82.6 Å². The number of piperazine rings is 1. The van der Waals surface area contributed by atoms with Gasteiger partial charge in [-0.15, -0.1) is 0 Å². The van der Waals surface area contributed by atoms with Crippen molar-refractivity contribution >= 4 is 69.0 Å². The van der Waals surface area contributed by atoms with Gasteiger partial charge in [0.15, 0.2) is 0 Å². The molecule has 0 spiro atoms. The lowest BCUT2D eigenvalue weighted by Crippen LogP contribution is -2.47. The Morgan fingerprint density at radius 3 is 2.41 bits per heavy atom. The smallest absolute Gasteiger partial charge is 0.267 e. The Morgan fingerprint density at radius 1 is 0.976 bits per heavy atom. The molecule has 1 amide bonds. The number of methoxy groups -OCH3 is 1. The van der Waals surface area contributed by atoms with Crippen LogP contribution in [0.5, 0.6) is 5.75 Å². The van der Waals surface area contributed by atoms with Crippen LogP contribution in [0.2, 0.25) is 5.02 Å². The monoisotopic (exact) mass is 603 g/mol. The topological polar surface area (TPSA) is 70.4 Å². The van der Waals surface area contributed by atoms with Crippen LogP contribution in [0.1, 0.15) is 11.1 Å². The largest absolute Gasteiger partial charge is 0.497 e. The van der Waals surface area contributed by atoms with Gasteiger partial charge in [0, 0.05) is 43.1 Å². The first kappa shape index (κ1) is 27.3. The molecule has 208 valence electrons. The van der Waals surface area contributed by atoms with Crippen molar-refractivity contribution in [2.45, 2.75) is 6.54 Å². The van der Waals surface area contributed by atoms with Gasteiger partial charge in [-0.05, 0) is 54.1 Å². The van der Waals surface area contributed by atoms with E-state index in [4.69, 9.17) is 33.5 Å². The molecule has 2 fully saturated rings. The summed E-state index contributed by atoms with van der Waals surface area (Å²) in [4.78, 5) is 38.5. The summed E-state index contributed by atoms with van der Waals surface area (Å²) in [5.74, 6) is 1.12. The molecule has 11 heteroatoms. The molecule has 6 rings (SSSR count). The molecule has 4 heterocycles. The van der Waals surface area contributed by atoms with Gasteiger partial charge < -0.3 is 14.5 Å². The number of pyridine rings is 1. The van der Waals surface area contributed by atoms with Crippen LogP contribution in [0.25, 0.3) is 11.7 Å². The molecular weight excluding hydrogens is 578 g/mol. The Hall–Kier alpha value is -3.86. The standard InChI is InChI=1S/C30H26ClN5O3S2/c1-39-22-11-9-21(10-12-22)33-14-16-34(17-15-33)27-23(28(37)35-13-5-4-8-26(35)32-27)18-25-29(38)36(30(40)41-25)19-20-6-2-3-7-24(20)31/h2-13,18H,14-17,19H2,1H3/b25-18-. The van der Waals surface area contributed by atoms with E-state index in [1.165, 1.54) is 21.1 Å². The highest BCUT2D eigenvalue weighted by Gasteiger charge is 2.33. The zero-order chi connectivity index (χ0) is 28.5. The number of hydrogen-bond acceptors (Lipinski definition) is 8. The van der Waals surface area contributed by atoms with E-state index in [9.17, 15) is 9.59 Å². The van der Waals surface area contributed by atoms with Crippen molar-refractivity contribution in [1.82, 2.24) is 14.3 Å². The second-order valence-corrected chi connectivity index (χ2v) is 11.7. The van der Waals surface area contributed by atoms with Crippen molar-refractivity contribution in [3.8, 4) is 5.75 Å². The minimum atomic E-state index is -0.257. The predicted octanol–water partition coefficient (Wildman–Crippen LogP) is 5.08. The molecule has 0 unspecified atom stereocenters. The van der Waals surface area contributed by atoms with E-state index >= 15 is 0 Å². The van der Waals surface area contributed by atoms with Crippen molar-refractivity contribution < 1.29 is 9.53 Å². The summed E-state index contributed by atoms with van der Waals surface area (Å²) in [5, 5.41) is 0.568. The molecule has 41 heavy (non-hydrogen) atoms. The molecule has 0 atom stereocenters. The summed E-state index contributed by atoms with van der Waals surface area (Å²) in [6.07, 6.45) is 3.34. The number of carbonyl (C=O) groups excluding carboxylic acids is 1. The number of thioether (sulfide) groups is 1. The number of amides is 1. The van der Waals surface area contributed by atoms with E-state index in [0.717, 1.165) is 30.1 Å². The third-order valence-corrected chi connectivity index (χ3v) is 8.95. The molecule has 2 saturated heterocycles. The summed E-state index contributed by atoms with van der Waals surface area (Å²) >= 11 is 13.1. The molecule has 0 bridgehead atoms. The first-order chi connectivity index (χ1) is 19.9. The second-order valence-electron chi connectivity index (χ2n) is 9.61. The number of nitrogens with zero attached hydrogens (tertiary/aromatic N) is 5. The molecule has 0 saturated carbocycles. The minimum Gasteiger partial charge on any atom is -0.497 e. The van der Waals surface area contributed by atoms with Crippen molar-refractivity contribution in [3.05, 3.63) is 104 Å². The highest BCUT2D eigenvalue weighted by atomic mass is 35.5. The van der Waals surface area contributed by atoms with E-state index in [1.54, 1.807) is 31.5 Å². The number of thiocarbonyl (C=S) groups is 1. The fraction of sp³-hybridized carbons (Fsp3) is 0.200. The normalized spacial score (nSPS) is 16.7. The average Bonchev–Trinajstić information content (AvgIpc) is 3.27. The van der Waals surface area contributed by atoms with Crippen LogP contribution in [-0.4, -0.2) is 57.8 Å². The first-order valence-electron chi connectivity index (χ1n) is 13.1. The molecule has 0 radical (unpaired) electrons. The minimum absolute atomic E-state index is 0.237. The molecule has 8 nitrogen and oxygen atoms in total. The molecule has 2 aromatic heterocycles. The van der Waals surface area contributed by atoms with Crippen LogP contribution in [0.3, 0.4) is 0 Å². The maximum atomic E-state index is 13.8. The van der Waals surface area contributed by atoms with Gasteiger partial charge in [0.25, 0.3) is 11.5 Å². The molecule has 2 aromatic carbocycles. The number of rotatable bonds is 6. The van der Waals surface area contributed by atoms with Crippen LogP contribution < -0.4 is 20.1 Å². The Balaban J connectivity index is 1.31. The molecular formula is C30H26ClN5O3S2. The lowest BCUT2D eigenvalue weighted by atomic mass is 10.2. The van der Waals surface area contributed by atoms with Gasteiger partial charge in [0.2, 0.25) is 0 Å². The quantitative estimate of drug-likeness (QED) is 0.223. The third kappa shape index (κ3) is 5.42. The summed E-state index contributed by atoms with van der Waals surface area (Å²) < 4.78 is 7.21. The zero-order valence-electron chi connectivity index (χ0n) is 22.2. The SMILES string of the molecule is COc1ccc(N2CCN(c3nc4ccccn4c(=O)c3/C=C3\SC(=S)N(Cc4ccccc4Cl)C3=O)CC2)cc1. The van der Waals surface area contributed by atoms with E-state index < -0.39 is 0 Å². The number of fused-ring (bicyclic) bond motifs is 1. The number of hydrogen-bond donors (Lipinski definition) is 0. The molecule has 2 aliphatic rings. The average molecular weight is 604 g/mol. The maximum Gasteiger partial charge on any atom is 0.267 e. The highest BCUT2D eigenvalue weighted by Crippen LogP contribution is 2.35. The summed E-state index contributed by atoms with van der Waals surface area (Å²) in [5.41, 5.74) is 2.59. The van der Waals surface area contributed by atoms with E-state index in [1.807, 2.05) is 54.6 Å². The molecule has 0 N–H and O–H groups in total. The number of ether oxygens (including phenoxy) is 1. The fourth-order valence-electron chi connectivity index (χ4n) is 4.99. The number of halogens is 1. The number of benzene rings is 2. The van der Waals surface area contributed by atoms with Crippen LogP contribution in [0.4, 0.5) is 11.5 Å². The predicted molar refractivity (Wildman–Crippen MR) is 169 cm³/mol. The van der Waals surface area contributed by atoms with Crippen molar-refractivity contribution in [2.75, 3.05) is 43.1 Å². The van der Waals surface area contributed by atoms with Crippen LogP contribution >= 0.6 is 35.6 Å². The number of anilines is 2. The van der Waals surface area contributed by atoms with Gasteiger partial charge in [0.05, 0.1) is 24.1 Å². The molecule has 0 aliphatic carbocycles. The van der Waals surface area contributed by atoms with E-state index in [2.05, 4.69) is 9.80 Å². The zero-order valence-corrected chi connectivity index (χ0v) is 24.6. The Bertz CT molecular complexity index is 1730. The van der Waals surface area contributed by atoms with Crippen molar-refractivity contribution in [2.24, 2.45) is 0 Å². The fourth-order valence-corrected chi connectivity index (χ4v) is 6.42. The van der Waals surface area contributed by atoms with Crippen molar-refractivity contribution in [3.63, 3.8) is 0 Å². The first-order valence-corrected chi connectivity index (χ1v) is 14.7. The lowest BCUT2D eigenvalue weighted by Gasteiger charge is -2.37. The van der Waals surface area contributed by atoms with E-state index in [-0.39, 0.29) is 18.0 Å². The van der Waals surface area contributed by atoms with E-state index in [0.29, 0.717) is 44.4 Å². The third-order valence-electron chi connectivity index (χ3n) is 7.20. The summed E-state index contributed by atoms with van der Waals surface area (Å²) in [6, 6.07) is 20.8. The van der Waals surface area contributed by atoms with Gasteiger partial charge in [-0.2, -0.15) is 0 Å². The highest BCUT2D eigenvalue weighted by molar-refractivity contribution is 8.26. The lowest BCUT2D eigenvalue weighted by molar-refractivity contribution is -0.122. The van der Waals surface area contributed by atoms with Crippen LogP contribution in [-0.2, 0) is 11.3 Å². The van der Waals surface area contributed by atoms with Gasteiger partial charge in [-0.3, -0.25) is 18.9 Å². The molecule has 4 aromatic rings. The Morgan fingerprint density at radius 2 is 1.68 bits per heavy atom. The number of aromatic nitrogens is 2. The Labute approximate surface area is 251 Å². The number of carbonyl (C=O) groups is 1. The summed E-state index contributed by atoms with van der Waals surface area (Å²) in [6.45, 7) is 3.09. The van der Waals surface area contributed by atoms with Gasteiger partial charge in [-0.1, -0.05) is 59.8 Å². The van der Waals surface area contributed by atoms with Crippen LogP contribution in [0, 0.1) is 0 Å². The van der Waals surface area contributed by atoms with Gasteiger partial charge >= 0.3 is 0 Å². The van der Waals surface area contributed by atoms with Gasteiger partial charge in [0.1, 0.15) is 21.5 Å². The van der Waals surface area contributed by atoms with Crippen molar-refractivity contribution in [1.29, 1.82) is 0 Å². The maximum absolute atomic E-state index is 13.8. The Kier molecular flexibility index (Phi) is 7.70. The summed E-state index contributed by atoms with van der Waals surface area (Å²) in [7, 11) is 1.65. The molecule has 2 aliphatic heterocycles. The van der Waals surface area contributed by atoms with Gasteiger partial charge in [-0.25, -0.2) is 4.98 Å².